The Hall–Kier alpha value is -2.70. The minimum absolute atomic E-state index is 0.0320. The molecule has 1 aromatic heterocycles. The summed E-state index contributed by atoms with van der Waals surface area (Å²) in [6.45, 7) is 1.34. The van der Waals surface area contributed by atoms with Crippen molar-refractivity contribution >= 4 is 23.2 Å². The zero-order valence-electron chi connectivity index (χ0n) is 14.2. The number of aromatic nitrogens is 2. The lowest BCUT2D eigenvalue weighted by atomic mass is 10.1. The van der Waals surface area contributed by atoms with Gasteiger partial charge in [0.15, 0.2) is 0 Å². The Morgan fingerprint density at radius 2 is 2.00 bits per heavy atom. The molecule has 3 aromatic rings. The average Bonchev–Trinajstić information content (AvgIpc) is 3.05. The molecule has 2 aromatic carbocycles. The topological polar surface area (TPSA) is 62.5 Å². The summed E-state index contributed by atoms with van der Waals surface area (Å²) < 4.78 is 5.38. The number of carbonyl (C=O) groups excluding carboxylic acids is 1. The summed E-state index contributed by atoms with van der Waals surface area (Å²) in [6, 6.07) is 15.2. The van der Waals surface area contributed by atoms with Crippen molar-refractivity contribution in [1.82, 2.24) is 15.0 Å². The van der Waals surface area contributed by atoms with Crippen LogP contribution < -0.4 is 4.90 Å². The van der Waals surface area contributed by atoms with E-state index >= 15 is 0 Å². The quantitative estimate of drug-likeness (QED) is 0.709. The Morgan fingerprint density at radius 1 is 1.15 bits per heavy atom. The molecule has 132 valence electrons. The van der Waals surface area contributed by atoms with E-state index < -0.39 is 0 Å². The summed E-state index contributed by atoms with van der Waals surface area (Å²) in [5, 5.41) is 4.65. The summed E-state index contributed by atoms with van der Waals surface area (Å²) in [5.74, 6) is 0.987. The summed E-state index contributed by atoms with van der Waals surface area (Å²) in [5.41, 5.74) is 2.82. The van der Waals surface area contributed by atoms with Crippen LogP contribution in [0.2, 0.25) is 5.02 Å². The zero-order valence-corrected chi connectivity index (χ0v) is 15.0. The van der Waals surface area contributed by atoms with Crippen LogP contribution in [0.5, 0.6) is 0 Å². The van der Waals surface area contributed by atoms with Gasteiger partial charge in [-0.15, -0.1) is 0 Å². The first-order valence-electron chi connectivity index (χ1n) is 8.25. The number of rotatable bonds is 3. The molecule has 0 aliphatic carbocycles. The van der Waals surface area contributed by atoms with Crippen LogP contribution in [0.1, 0.15) is 11.5 Å². The van der Waals surface area contributed by atoms with Gasteiger partial charge >= 0.3 is 0 Å². The van der Waals surface area contributed by atoms with Crippen molar-refractivity contribution in [2.75, 3.05) is 18.5 Å². The van der Waals surface area contributed by atoms with Gasteiger partial charge in [-0.25, -0.2) is 0 Å². The van der Waals surface area contributed by atoms with Crippen LogP contribution in [-0.2, 0) is 17.9 Å². The van der Waals surface area contributed by atoms with Gasteiger partial charge in [-0.2, -0.15) is 4.98 Å². The first-order valence-corrected chi connectivity index (χ1v) is 8.63. The Kier molecular flexibility index (Phi) is 4.44. The summed E-state index contributed by atoms with van der Waals surface area (Å²) in [6.07, 6.45) is 0. The minimum atomic E-state index is 0.0320. The summed E-state index contributed by atoms with van der Waals surface area (Å²) >= 11 is 6.02. The minimum Gasteiger partial charge on any atom is -0.338 e. The number of anilines is 1. The van der Waals surface area contributed by atoms with Crippen LogP contribution in [0.15, 0.2) is 53.1 Å². The van der Waals surface area contributed by atoms with E-state index in [0.717, 1.165) is 16.8 Å². The van der Waals surface area contributed by atoms with Gasteiger partial charge in [-0.3, -0.25) is 9.69 Å². The number of hydrogen-bond donors (Lipinski definition) is 0. The molecule has 1 aliphatic heterocycles. The zero-order chi connectivity index (χ0) is 18.1. The third-order valence-corrected chi connectivity index (χ3v) is 4.62. The Labute approximate surface area is 156 Å². The van der Waals surface area contributed by atoms with E-state index in [-0.39, 0.29) is 5.91 Å². The predicted molar refractivity (Wildman–Crippen MR) is 98.7 cm³/mol. The molecule has 0 fully saturated rings. The van der Waals surface area contributed by atoms with E-state index in [1.54, 1.807) is 24.1 Å². The average molecular weight is 369 g/mol. The normalized spacial score (nSPS) is 15.0. The molecule has 0 saturated carbocycles. The van der Waals surface area contributed by atoms with Crippen molar-refractivity contribution in [2.24, 2.45) is 0 Å². The number of hydrogen-bond acceptors (Lipinski definition) is 5. The highest BCUT2D eigenvalue weighted by molar-refractivity contribution is 6.30. The molecule has 2 heterocycles. The fourth-order valence-corrected chi connectivity index (χ4v) is 3.26. The predicted octanol–water partition coefficient (Wildman–Crippen LogP) is 3.37. The number of amides is 1. The van der Waals surface area contributed by atoms with Crippen LogP contribution >= 0.6 is 11.6 Å². The molecule has 0 radical (unpaired) electrons. The number of para-hydroxylation sites is 1. The number of fused-ring (bicyclic) bond motifs is 1. The molecule has 0 saturated heterocycles. The maximum absolute atomic E-state index is 12.4. The largest absolute Gasteiger partial charge is 0.338 e. The van der Waals surface area contributed by atoms with Gasteiger partial charge in [0.05, 0.1) is 13.1 Å². The molecule has 26 heavy (non-hydrogen) atoms. The number of likely N-dealkylation sites (N-methyl/N-ethyl adjacent to an activating group) is 1. The second kappa shape index (κ2) is 6.90. The van der Waals surface area contributed by atoms with Crippen LogP contribution in [-0.4, -0.2) is 34.5 Å². The van der Waals surface area contributed by atoms with Gasteiger partial charge < -0.3 is 9.42 Å². The van der Waals surface area contributed by atoms with E-state index in [0.29, 0.717) is 36.4 Å². The van der Waals surface area contributed by atoms with Gasteiger partial charge in [-0.05, 0) is 23.8 Å². The molecule has 6 nitrogen and oxygen atoms in total. The molecule has 0 N–H and O–H groups in total. The van der Waals surface area contributed by atoms with Crippen LogP contribution in [0.25, 0.3) is 11.4 Å². The van der Waals surface area contributed by atoms with Gasteiger partial charge in [-0.1, -0.05) is 47.1 Å². The third kappa shape index (κ3) is 3.34. The van der Waals surface area contributed by atoms with Crippen LogP contribution in [0.3, 0.4) is 0 Å². The van der Waals surface area contributed by atoms with E-state index in [2.05, 4.69) is 10.1 Å². The van der Waals surface area contributed by atoms with Gasteiger partial charge in [0.2, 0.25) is 17.6 Å². The molecule has 0 unspecified atom stereocenters. The molecular formula is C19H17ClN4O2. The smallest absolute Gasteiger partial charge is 0.241 e. The first kappa shape index (κ1) is 16.8. The van der Waals surface area contributed by atoms with E-state index in [4.69, 9.17) is 16.1 Å². The number of halogens is 1. The molecule has 7 heteroatoms. The van der Waals surface area contributed by atoms with Crippen molar-refractivity contribution in [3.8, 4) is 11.4 Å². The van der Waals surface area contributed by atoms with Crippen LogP contribution in [0, 0.1) is 0 Å². The molecule has 4 rings (SSSR count). The van der Waals surface area contributed by atoms with Crippen molar-refractivity contribution in [1.29, 1.82) is 0 Å². The Bertz CT molecular complexity index is 956. The lowest BCUT2D eigenvalue weighted by Crippen LogP contribution is -2.34. The first-order chi connectivity index (χ1) is 12.6. The highest BCUT2D eigenvalue weighted by Gasteiger charge is 2.25. The Morgan fingerprint density at radius 3 is 2.85 bits per heavy atom. The van der Waals surface area contributed by atoms with Gasteiger partial charge in [0.25, 0.3) is 0 Å². The second-order valence-corrected chi connectivity index (χ2v) is 6.69. The lowest BCUT2D eigenvalue weighted by molar-refractivity contribution is -0.119. The lowest BCUT2D eigenvalue weighted by Gasteiger charge is -2.17. The summed E-state index contributed by atoms with van der Waals surface area (Å²) in [4.78, 5) is 20.6. The summed E-state index contributed by atoms with van der Waals surface area (Å²) in [7, 11) is 1.80. The van der Waals surface area contributed by atoms with E-state index in [1.165, 1.54) is 0 Å². The van der Waals surface area contributed by atoms with Gasteiger partial charge in [0, 0.05) is 29.9 Å². The van der Waals surface area contributed by atoms with Crippen molar-refractivity contribution < 1.29 is 9.32 Å². The highest BCUT2D eigenvalue weighted by Crippen LogP contribution is 2.25. The molecule has 0 spiro atoms. The number of carbonyl (C=O) groups is 1. The van der Waals surface area contributed by atoms with Crippen LogP contribution in [0.4, 0.5) is 5.69 Å². The highest BCUT2D eigenvalue weighted by atomic mass is 35.5. The fraction of sp³-hybridized carbons (Fsp3) is 0.211. The molecular weight excluding hydrogens is 352 g/mol. The van der Waals surface area contributed by atoms with Crippen molar-refractivity contribution in [3.05, 3.63) is 65.0 Å². The second-order valence-electron chi connectivity index (χ2n) is 6.25. The standard InChI is InChI=1S/C19H17ClN4O2/c1-23-16-8-3-2-5-14(16)10-24(12-18(23)25)11-17-21-19(22-26-17)13-6-4-7-15(20)9-13/h2-9H,10-12H2,1H3. The SMILES string of the molecule is CN1C(=O)CN(Cc2nc(-c3cccc(Cl)c3)no2)Cc2ccccc21. The molecule has 1 aliphatic rings. The van der Waals surface area contributed by atoms with E-state index in [9.17, 15) is 4.79 Å². The monoisotopic (exact) mass is 368 g/mol. The van der Waals surface area contributed by atoms with Crippen molar-refractivity contribution in [2.45, 2.75) is 13.1 Å². The molecule has 0 atom stereocenters. The van der Waals surface area contributed by atoms with E-state index in [1.807, 2.05) is 41.3 Å². The molecule has 0 bridgehead atoms. The van der Waals surface area contributed by atoms with Gasteiger partial charge in [0.1, 0.15) is 0 Å². The molecule has 1 amide bonds. The number of benzene rings is 2. The maximum atomic E-state index is 12.4. The van der Waals surface area contributed by atoms with Crippen molar-refractivity contribution in [3.63, 3.8) is 0 Å². The third-order valence-electron chi connectivity index (χ3n) is 4.39. The maximum Gasteiger partial charge on any atom is 0.241 e. The Balaban J connectivity index is 1.55. The fourth-order valence-electron chi connectivity index (χ4n) is 3.07. The number of nitrogens with zero attached hydrogens (tertiary/aromatic N) is 4.